The predicted molar refractivity (Wildman–Crippen MR) is 89.1 cm³/mol. The first-order chi connectivity index (χ1) is 10.4. The molecule has 1 fully saturated rings. The fourth-order valence-electron chi connectivity index (χ4n) is 2.47. The number of amides is 2. The van der Waals surface area contributed by atoms with E-state index < -0.39 is 0 Å². The quantitative estimate of drug-likeness (QED) is 0.917. The molecule has 1 aliphatic heterocycles. The molecule has 2 amide bonds. The molecule has 2 heterocycles. The van der Waals surface area contributed by atoms with Crippen molar-refractivity contribution in [2.75, 3.05) is 39.3 Å². The highest BCUT2D eigenvalue weighted by Crippen LogP contribution is 2.18. The van der Waals surface area contributed by atoms with Gasteiger partial charge >= 0.3 is 0 Å². The van der Waals surface area contributed by atoms with Crippen molar-refractivity contribution in [3.8, 4) is 0 Å². The number of hydrogen-bond donors (Lipinski definition) is 1. The molecule has 1 N–H and O–H groups in total. The highest BCUT2D eigenvalue weighted by Gasteiger charge is 2.29. The van der Waals surface area contributed by atoms with Crippen molar-refractivity contribution < 1.29 is 9.59 Å². The topological polar surface area (TPSA) is 52.7 Å². The Hall–Kier alpha value is -1.40. The maximum absolute atomic E-state index is 12.2. The molecular weight excluding hydrogens is 298 g/mol. The molecule has 0 aliphatic carbocycles. The van der Waals surface area contributed by atoms with Crippen molar-refractivity contribution in [2.45, 2.75) is 20.8 Å². The van der Waals surface area contributed by atoms with Gasteiger partial charge in [0.2, 0.25) is 5.91 Å². The van der Waals surface area contributed by atoms with Gasteiger partial charge in [-0.15, -0.1) is 11.3 Å². The molecule has 1 aliphatic rings. The zero-order valence-electron chi connectivity index (χ0n) is 13.6. The lowest BCUT2D eigenvalue weighted by molar-refractivity contribution is -0.141. The highest BCUT2D eigenvalue weighted by atomic mass is 32.1. The molecule has 0 atom stereocenters. The summed E-state index contributed by atoms with van der Waals surface area (Å²) < 4.78 is 0. The summed E-state index contributed by atoms with van der Waals surface area (Å²) in [5.41, 5.74) is -0.309. The zero-order chi connectivity index (χ0) is 16.2. The summed E-state index contributed by atoms with van der Waals surface area (Å²) in [6.45, 7) is 10.6. The number of nitrogens with zero attached hydrogens (tertiary/aromatic N) is 2. The van der Waals surface area contributed by atoms with Gasteiger partial charge in [-0.2, -0.15) is 0 Å². The second-order valence-electron chi connectivity index (χ2n) is 6.62. The number of carbonyl (C=O) groups is 2. The molecule has 1 saturated heterocycles. The van der Waals surface area contributed by atoms with Gasteiger partial charge in [-0.05, 0) is 11.4 Å². The summed E-state index contributed by atoms with van der Waals surface area (Å²) in [7, 11) is 0. The summed E-state index contributed by atoms with van der Waals surface area (Å²) in [5, 5.41) is 4.84. The van der Waals surface area contributed by atoms with E-state index in [-0.39, 0.29) is 17.2 Å². The molecule has 1 aromatic heterocycles. The predicted octanol–water partition coefficient (Wildman–Crippen LogP) is 1.67. The smallest absolute Gasteiger partial charge is 0.261 e. The van der Waals surface area contributed by atoms with E-state index in [0.717, 1.165) is 37.6 Å². The van der Waals surface area contributed by atoms with Gasteiger partial charge in [0.1, 0.15) is 0 Å². The van der Waals surface area contributed by atoms with Gasteiger partial charge in [-0.1, -0.05) is 26.8 Å². The Bertz CT molecular complexity index is 500. The maximum atomic E-state index is 12.2. The second-order valence-corrected chi connectivity index (χ2v) is 7.56. The van der Waals surface area contributed by atoms with Crippen LogP contribution in [0.4, 0.5) is 0 Å². The van der Waals surface area contributed by atoms with Gasteiger partial charge in [0.25, 0.3) is 5.91 Å². The molecule has 2 rings (SSSR count). The molecule has 0 aromatic carbocycles. The molecule has 1 aromatic rings. The number of hydrogen-bond acceptors (Lipinski definition) is 4. The normalized spacial score (nSPS) is 16.6. The number of thiophene rings is 1. The molecule has 0 bridgehead atoms. The van der Waals surface area contributed by atoms with Crippen molar-refractivity contribution in [3.63, 3.8) is 0 Å². The van der Waals surface area contributed by atoms with Crippen LogP contribution in [0.2, 0.25) is 0 Å². The van der Waals surface area contributed by atoms with Crippen LogP contribution in [0.1, 0.15) is 30.4 Å². The summed E-state index contributed by atoms with van der Waals surface area (Å²) >= 11 is 1.45. The molecule has 5 nitrogen and oxygen atoms in total. The minimum absolute atomic E-state index is 0.00320. The van der Waals surface area contributed by atoms with Crippen molar-refractivity contribution in [2.24, 2.45) is 5.41 Å². The lowest BCUT2D eigenvalue weighted by Gasteiger charge is -2.37. The van der Waals surface area contributed by atoms with Crippen LogP contribution in [0, 0.1) is 5.41 Å². The van der Waals surface area contributed by atoms with E-state index in [1.54, 1.807) is 0 Å². The Morgan fingerprint density at radius 1 is 1.23 bits per heavy atom. The molecule has 6 heteroatoms. The maximum Gasteiger partial charge on any atom is 0.261 e. The van der Waals surface area contributed by atoms with Crippen molar-refractivity contribution in [1.82, 2.24) is 15.1 Å². The van der Waals surface area contributed by atoms with E-state index in [2.05, 4.69) is 10.2 Å². The molecule has 0 spiro atoms. The van der Waals surface area contributed by atoms with E-state index in [1.807, 2.05) is 43.2 Å². The van der Waals surface area contributed by atoms with Crippen LogP contribution in [0.25, 0.3) is 0 Å². The van der Waals surface area contributed by atoms with E-state index in [4.69, 9.17) is 0 Å². The van der Waals surface area contributed by atoms with Crippen LogP contribution in [-0.4, -0.2) is 60.9 Å². The van der Waals surface area contributed by atoms with Crippen LogP contribution < -0.4 is 5.32 Å². The minimum atomic E-state index is -0.309. The van der Waals surface area contributed by atoms with Crippen molar-refractivity contribution in [3.05, 3.63) is 22.4 Å². The Balaban J connectivity index is 1.68. The van der Waals surface area contributed by atoms with Gasteiger partial charge in [0, 0.05) is 44.7 Å². The average molecular weight is 323 g/mol. The fraction of sp³-hybridized carbons (Fsp3) is 0.625. The zero-order valence-corrected chi connectivity index (χ0v) is 14.4. The summed E-state index contributed by atoms with van der Waals surface area (Å²) in [6.07, 6.45) is 0. The minimum Gasteiger partial charge on any atom is -0.350 e. The van der Waals surface area contributed by atoms with Gasteiger partial charge in [0.15, 0.2) is 0 Å². The standard InChI is InChI=1S/C16H25N3O2S/c1-16(2,3)15(21)19-10-8-18(9-11-19)7-6-17-14(20)13-5-4-12-22-13/h4-5,12H,6-11H2,1-3H3,(H,17,20). The van der Waals surface area contributed by atoms with Crippen LogP contribution in [0.15, 0.2) is 17.5 Å². The number of rotatable bonds is 4. The van der Waals surface area contributed by atoms with E-state index >= 15 is 0 Å². The lowest BCUT2D eigenvalue weighted by atomic mass is 9.94. The summed E-state index contributed by atoms with van der Waals surface area (Å²) in [4.78, 5) is 29.0. The third-order valence-corrected chi connectivity index (χ3v) is 4.63. The van der Waals surface area contributed by atoms with Crippen LogP contribution in [0.3, 0.4) is 0 Å². The summed E-state index contributed by atoms with van der Waals surface area (Å²) in [6, 6.07) is 3.71. The van der Waals surface area contributed by atoms with Gasteiger partial charge in [-0.3, -0.25) is 14.5 Å². The second kappa shape index (κ2) is 7.24. The van der Waals surface area contributed by atoms with E-state index in [1.165, 1.54) is 11.3 Å². The number of nitrogens with one attached hydrogen (secondary N) is 1. The monoisotopic (exact) mass is 323 g/mol. The van der Waals surface area contributed by atoms with Gasteiger partial charge in [-0.25, -0.2) is 0 Å². The van der Waals surface area contributed by atoms with E-state index in [0.29, 0.717) is 6.54 Å². The van der Waals surface area contributed by atoms with Crippen molar-refractivity contribution >= 4 is 23.2 Å². The molecule has 0 unspecified atom stereocenters. The number of carbonyl (C=O) groups excluding carboxylic acids is 2. The largest absolute Gasteiger partial charge is 0.350 e. The van der Waals surface area contributed by atoms with Crippen LogP contribution >= 0.6 is 11.3 Å². The van der Waals surface area contributed by atoms with Crippen LogP contribution in [0.5, 0.6) is 0 Å². The Kier molecular flexibility index (Phi) is 5.58. The van der Waals surface area contributed by atoms with Gasteiger partial charge < -0.3 is 10.2 Å². The first-order valence-corrected chi connectivity index (χ1v) is 8.59. The lowest BCUT2D eigenvalue weighted by Crippen LogP contribution is -2.52. The third-order valence-electron chi connectivity index (χ3n) is 3.76. The summed E-state index contributed by atoms with van der Waals surface area (Å²) in [5.74, 6) is 0.217. The number of piperazine rings is 1. The molecule has 22 heavy (non-hydrogen) atoms. The van der Waals surface area contributed by atoms with Crippen molar-refractivity contribution in [1.29, 1.82) is 0 Å². The first kappa shape index (κ1) is 17.0. The SMILES string of the molecule is CC(C)(C)C(=O)N1CCN(CCNC(=O)c2cccs2)CC1. The van der Waals surface area contributed by atoms with Gasteiger partial charge in [0.05, 0.1) is 4.88 Å². The Morgan fingerprint density at radius 3 is 2.45 bits per heavy atom. The Labute approximate surface area is 136 Å². The molecular formula is C16H25N3O2S. The highest BCUT2D eigenvalue weighted by molar-refractivity contribution is 7.12. The average Bonchev–Trinajstić information content (AvgIpc) is 3.00. The molecule has 0 saturated carbocycles. The third kappa shape index (κ3) is 4.55. The Morgan fingerprint density at radius 2 is 1.91 bits per heavy atom. The molecule has 0 radical (unpaired) electrons. The molecule has 122 valence electrons. The van der Waals surface area contributed by atoms with E-state index in [9.17, 15) is 9.59 Å². The fourth-order valence-corrected chi connectivity index (χ4v) is 3.11. The van der Waals surface area contributed by atoms with Crippen LogP contribution in [-0.2, 0) is 4.79 Å². The first-order valence-electron chi connectivity index (χ1n) is 7.71.